The SMILES string of the molecule is CC1CC(n2ncc([N+](=O)[O-])c2N)CN1C. The van der Waals surface area contributed by atoms with E-state index in [1.807, 2.05) is 7.05 Å². The summed E-state index contributed by atoms with van der Waals surface area (Å²) in [5, 5.41) is 14.7. The number of rotatable bonds is 2. The Morgan fingerprint density at radius 1 is 1.69 bits per heavy atom. The first-order valence-corrected chi connectivity index (χ1v) is 5.18. The maximum Gasteiger partial charge on any atom is 0.330 e. The van der Waals surface area contributed by atoms with Gasteiger partial charge in [0, 0.05) is 12.6 Å². The molecule has 2 unspecified atom stereocenters. The highest BCUT2D eigenvalue weighted by atomic mass is 16.6. The maximum absolute atomic E-state index is 10.6. The van der Waals surface area contributed by atoms with Gasteiger partial charge in [-0.2, -0.15) is 5.10 Å². The molecule has 2 rings (SSSR count). The van der Waals surface area contributed by atoms with Crippen LogP contribution in [0.2, 0.25) is 0 Å². The molecule has 2 atom stereocenters. The quantitative estimate of drug-likeness (QED) is 0.589. The Morgan fingerprint density at radius 2 is 2.38 bits per heavy atom. The smallest absolute Gasteiger partial charge is 0.330 e. The molecular weight excluding hydrogens is 210 g/mol. The average molecular weight is 225 g/mol. The lowest BCUT2D eigenvalue weighted by molar-refractivity contribution is -0.384. The van der Waals surface area contributed by atoms with Gasteiger partial charge in [0.05, 0.1) is 11.0 Å². The summed E-state index contributed by atoms with van der Waals surface area (Å²) >= 11 is 0. The first kappa shape index (κ1) is 10.9. The molecule has 2 N–H and O–H groups in total. The van der Waals surface area contributed by atoms with Crippen molar-refractivity contribution in [3.8, 4) is 0 Å². The number of anilines is 1. The Labute approximate surface area is 93.0 Å². The van der Waals surface area contributed by atoms with Crippen molar-refractivity contribution >= 4 is 11.5 Å². The van der Waals surface area contributed by atoms with Gasteiger partial charge in [0.1, 0.15) is 6.20 Å². The van der Waals surface area contributed by atoms with Crippen molar-refractivity contribution in [1.82, 2.24) is 14.7 Å². The summed E-state index contributed by atoms with van der Waals surface area (Å²) in [5.74, 6) is 0.150. The zero-order valence-corrected chi connectivity index (χ0v) is 9.33. The van der Waals surface area contributed by atoms with E-state index in [2.05, 4.69) is 16.9 Å². The van der Waals surface area contributed by atoms with Crippen LogP contribution < -0.4 is 5.73 Å². The van der Waals surface area contributed by atoms with Crippen LogP contribution >= 0.6 is 0 Å². The average Bonchev–Trinajstić information content (AvgIpc) is 2.71. The van der Waals surface area contributed by atoms with E-state index in [0.717, 1.165) is 13.0 Å². The molecule has 0 amide bonds. The van der Waals surface area contributed by atoms with Crippen molar-refractivity contribution in [2.45, 2.75) is 25.4 Å². The van der Waals surface area contributed by atoms with Crippen LogP contribution in [0.15, 0.2) is 6.20 Å². The van der Waals surface area contributed by atoms with E-state index in [1.165, 1.54) is 6.20 Å². The van der Waals surface area contributed by atoms with E-state index in [0.29, 0.717) is 6.04 Å². The molecule has 0 radical (unpaired) electrons. The Morgan fingerprint density at radius 3 is 2.81 bits per heavy atom. The second-order valence-electron chi connectivity index (χ2n) is 4.29. The standard InChI is InChI=1S/C9H15N5O2/c1-6-3-7(5-12(6)2)13-9(10)8(4-11-13)14(15)16/h4,6-7H,3,5,10H2,1-2H3. The lowest BCUT2D eigenvalue weighted by Gasteiger charge is -2.12. The number of hydrogen-bond acceptors (Lipinski definition) is 5. The van der Waals surface area contributed by atoms with Crippen molar-refractivity contribution in [2.24, 2.45) is 0 Å². The zero-order valence-electron chi connectivity index (χ0n) is 9.33. The zero-order chi connectivity index (χ0) is 11.9. The number of nitrogens with two attached hydrogens (primary N) is 1. The number of likely N-dealkylation sites (tertiary alicyclic amines) is 1. The first-order valence-electron chi connectivity index (χ1n) is 5.18. The van der Waals surface area contributed by atoms with Crippen LogP contribution in [0.25, 0.3) is 0 Å². The van der Waals surface area contributed by atoms with Crippen LogP contribution in [0.3, 0.4) is 0 Å². The highest BCUT2D eigenvalue weighted by Crippen LogP contribution is 2.30. The lowest BCUT2D eigenvalue weighted by atomic mass is 10.2. The third kappa shape index (κ3) is 1.63. The van der Waals surface area contributed by atoms with E-state index >= 15 is 0 Å². The number of nitro groups is 1. The molecule has 1 aliphatic rings. The van der Waals surface area contributed by atoms with Gasteiger partial charge in [-0.1, -0.05) is 0 Å². The van der Waals surface area contributed by atoms with Gasteiger partial charge in [-0.25, -0.2) is 4.68 Å². The molecule has 88 valence electrons. The third-order valence-electron chi connectivity index (χ3n) is 3.22. The van der Waals surface area contributed by atoms with Gasteiger partial charge in [-0.15, -0.1) is 0 Å². The Hall–Kier alpha value is -1.63. The number of nitrogen functional groups attached to an aromatic ring is 1. The van der Waals surface area contributed by atoms with Crippen LogP contribution in [0, 0.1) is 10.1 Å². The minimum Gasteiger partial charge on any atom is -0.378 e. The summed E-state index contributed by atoms with van der Waals surface area (Å²) in [5.41, 5.74) is 5.61. The highest BCUT2D eigenvalue weighted by molar-refractivity contribution is 5.51. The Kier molecular flexibility index (Phi) is 2.55. The Balaban J connectivity index is 2.26. The van der Waals surface area contributed by atoms with Gasteiger partial charge in [-0.05, 0) is 20.4 Å². The predicted molar refractivity (Wildman–Crippen MR) is 59.0 cm³/mol. The van der Waals surface area contributed by atoms with E-state index < -0.39 is 4.92 Å². The summed E-state index contributed by atoms with van der Waals surface area (Å²) in [4.78, 5) is 12.3. The molecule has 1 aliphatic heterocycles. The fraction of sp³-hybridized carbons (Fsp3) is 0.667. The van der Waals surface area contributed by atoms with E-state index in [1.54, 1.807) is 4.68 Å². The molecule has 0 aliphatic carbocycles. The van der Waals surface area contributed by atoms with Crippen LogP contribution in [0.4, 0.5) is 11.5 Å². The summed E-state index contributed by atoms with van der Waals surface area (Å²) in [6, 6.07) is 0.585. The molecule has 2 heterocycles. The summed E-state index contributed by atoms with van der Waals surface area (Å²) in [6.45, 7) is 2.94. The van der Waals surface area contributed by atoms with Crippen LogP contribution in [0.5, 0.6) is 0 Å². The molecule has 0 aromatic carbocycles. The molecule has 1 aromatic heterocycles. The van der Waals surface area contributed by atoms with E-state index in [-0.39, 0.29) is 17.5 Å². The van der Waals surface area contributed by atoms with Gasteiger partial charge >= 0.3 is 5.69 Å². The fourth-order valence-electron chi connectivity index (χ4n) is 2.13. The molecular formula is C9H15N5O2. The minimum absolute atomic E-state index is 0.109. The molecule has 0 spiro atoms. The molecule has 7 heteroatoms. The van der Waals surface area contributed by atoms with Gasteiger partial charge in [0.15, 0.2) is 0 Å². The molecule has 7 nitrogen and oxygen atoms in total. The highest BCUT2D eigenvalue weighted by Gasteiger charge is 2.31. The molecule has 1 aromatic rings. The van der Waals surface area contributed by atoms with Crippen molar-refractivity contribution in [2.75, 3.05) is 19.3 Å². The first-order chi connectivity index (χ1) is 7.50. The minimum atomic E-state index is -0.499. The number of hydrogen-bond donors (Lipinski definition) is 1. The summed E-state index contributed by atoms with van der Waals surface area (Å²) in [7, 11) is 2.03. The van der Waals surface area contributed by atoms with Gasteiger partial charge in [-0.3, -0.25) is 10.1 Å². The number of likely N-dealkylation sites (N-methyl/N-ethyl adjacent to an activating group) is 1. The van der Waals surface area contributed by atoms with Crippen molar-refractivity contribution in [1.29, 1.82) is 0 Å². The molecule has 1 saturated heterocycles. The van der Waals surface area contributed by atoms with Gasteiger partial charge in [0.25, 0.3) is 0 Å². The lowest BCUT2D eigenvalue weighted by Crippen LogP contribution is -2.22. The molecule has 1 fully saturated rings. The molecule has 0 saturated carbocycles. The Bertz CT molecular complexity index is 406. The van der Waals surface area contributed by atoms with E-state index in [4.69, 9.17) is 5.73 Å². The fourth-order valence-corrected chi connectivity index (χ4v) is 2.13. The summed E-state index contributed by atoms with van der Waals surface area (Å²) < 4.78 is 1.57. The monoisotopic (exact) mass is 225 g/mol. The van der Waals surface area contributed by atoms with Gasteiger partial charge < -0.3 is 10.6 Å². The van der Waals surface area contributed by atoms with Crippen LogP contribution in [0.1, 0.15) is 19.4 Å². The predicted octanol–water partition coefficient (Wildman–Crippen LogP) is 0.639. The topological polar surface area (TPSA) is 90.2 Å². The van der Waals surface area contributed by atoms with E-state index in [9.17, 15) is 10.1 Å². The maximum atomic E-state index is 10.6. The normalized spacial score (nSPS) is 26.1. The molecule has 16 heavy (non-hydrogen) atoms. The van der Waals surface area contributed by atoms with Crippen molar-refractivity contribution in [3.05, 3.63) is 16.3 Å². The van der Waals surface area contributed by atoms with Crippen LogP contribution in [-0.2, 0) is 0 Å². The summed E-state index contributed by atoms with van der Waals surface area (Å²) in [6.07, 6.45) is 2.14. The van der Waals surface area contributed by atoms with Gasteiger partial charge in [0.2, 0.25) is 5.82 Å². The largest absolute Gasteiger partial charge is 0.378 e. The molecule has 0 bridgehead atoms. The number of aromatic nitrogens is 2. The second-order valence-corrected chi connectivity index (χ2v) is 4.29. The van der Waals surface area contributed by atoms with Crippen molar-refractivity contribution in [3.63, 3.8) is 0 Å². The van der Waals surface area contributed by atoms with Crippen molar-refractivity contribution < 1.29 is 4.92 Å². The third-order valence-corrected chi connectivity index (χ3v) is 3.22. The number of nitrogens with zero attached hydrogens (tertiary/aromatic N) is 4. The second kappa shape index (κ2) is 3.75. The van der Waals surface area contributed by atoms with Crippen LogP contribution in [-0.4, -0.2) is 39.2 Å².